The molecular formula is C17H13F5N4O3. The van der Waals surface area contributed by atoms with Crippen molar-refractivity contribution in [2.75, 3.05) is 18.0 Å². The molecule has 1 saturated heterocycles. The Morgan fingerprint density at radius 3 is 2.45 bits per heavy atom. The minimum absolute atomic E-state index is 0.150. The second-order valence-electron chi connectivity index (χ2n) is 6.92. The third-order valence-corrected chi connectivity index (χ3v) is 4.96. The van der Waals surface area contributed by atoms with E-state index in [1.165, 1.54) is 10.9 Å². The molecule has 0 radical (unpaired) electrons. The number of hydrogen-bond acceptors (Lipinski definition) is 6. The van der Waals surface area contributed by atoms with E-state index in [2.05, 4.69) is 14.8 Å². The Bertz CT molecular complexity index is 943. The van der Waals surface area contributed by atoms with Gasteiger partial charge in [-0.25, -0.2) is 23.4 Å². The molecule has 2 aromatic heterocycles. The highest BCUT2D eigenvalue weighted by molar-refractivity contribution is 5.97. The van der Waals surface area contributed by atoms with Crippen molar-refractivity contribution < 1.29 is 36.3 Å². The van der Waals surface area contributed by atoms with Gasteiger partial charge in [-0.2, -0.15) is 18.3 Å². The van der Waals surface area contributed by atoms with Crippen molar-refractivity contribution in [2.24, 2.45) is 11.8 Å². The van der Waals surface area contributed by atoms with E-state index in [0.717, 1.165) is 12.4 Å². The summed E-state index contributed by atoms with van der Waals surface area (Å²) in [7, 11) is 0. The molecule has 0 bridgehead atoms. The van der Waals surface area contributed by atoms with E-state index >= 15 is 0 Å². The van der Waals surface area contributed by atoms with Gasteiger partial charge in [0.1, 0.15) is 5.82 Å². The third-order valence-electron chi connectivity index (χ3n) is 4.96. The van der Waals surface area contributed by atoms with Crippen molar-refractivity contribution in [1.29, 1.82) is 0 Å². The second-order valence-corrected chi connectivity index (χ2v) is 6.92. The lowest BCUT2D eigenvalue weighted by atomic mass is 10.2. The highest BCUT2D eigenvalue weighted by Crippen LogP contribution is 2.59. The molecule has 4 rings (SSSR count). The number of alkyl halides is 5. The number of halogens is 5. The molecule has 2 fully saturated rings. The molecule has 12 heteroatoms. The van der Waals surface area contributed by atoms with Gasteiger partial charge in [0.2, 0.25) is 0 Å². The lowest BCUT2D eigenvalue weighted by molar-refractivity contribution is -0.193. The van der Waals surface area contributed by atoms with Crippen molar-refractivity contribution in [1.82, 2.24) is 14.8 Å². The van der Waals surface area contributed by atoms with Crippen molar-refractivity contribution in [3.63, 3.8) is 0 Å². The fourth-order valence-corrected chi connectivity index (χ4v) is 3.34. The maximum absolute atomic E-state index is 13.3. The molecule has 1 saturated carbocycles. The second kappa shape index (κ2) is 6.49. The van der Waals surface area contributed by atoms with Crippen LogP contribution in [-0.2, 0) is 16.1 Å². The molecule has 2 unspecified atom stereocenters. The Kier molecular flexibility index (Phi) is 4.32. The van der Waals surface area contributed by atoms with Crippen LogP contribution < -0.4 is 4.90 Å². The molecule has 2 aliphatic rings. The van der Waals surface area contributed by atoms with Gasteiger partial charge in [-0.15, -0.1) is 0 Å². The highest BCUT2D eigenvalue weighted by Gasteiger charge is 2.71. The summed E-state index contributed by atoms with van der Waals surface area (Å²) >= 11 is 0. The predicted octanol–water partition coefficient (Wildman–Crippen LogP) is 2.27. The third kappa shape index (κ3) is 3.66. The van der Waals surface area contributed by atoms with Crippen LogP contribution >= 0.6 is 0 Å². The van der Waals surface area contributed by atoms with Crippen molar-refractivity contribution in [2.45, 2.75) is 18.6 Å². The summed E-state index contributed by atoms with van der Waals surface area (Å²) in [6, 6.07) is 3.39. The van der Waals surface area contributed by atoms with Crippen molar-refractivity contribution >= 4 is 17.8 Å². The zero-order valence-electron chi connectivity index (χ0n) is 14.6. The topological polar surface area (TPSA) is 77.3 Å². The number of hydrogen-bond donors (Lipinski definition) is 0. The van der Waals surface area contributed by atoms with Crippen molar-refractivity contribution in [3.8, 4) is 0 Å². The lowest BCUT2D eigenvalue weighted by Crippen LogP contribution is -2.28. The minimum Gasteiger partial charge on any atom is -0.383 e. The zero-order chi connectivity index (χ0) is 21.0. The molecule has 0 amide bonds. The molecule has 1 aliphatic carbocycles. The van der Waals surface area contributed by atoms with Crippen LogP contribution in [0.4, 0.5) is 27.8 Å². The fraction of sp³-hybridized carbons (Fsp3) is 0.412. The Labute approximate surface area is 160 Å². The number of nitrogens with zero attached hydrogens (tertiary/aromatic N) is 4. The van der Waals surface area contributed by atoms with Gasteiger partial charge in [-0.1, -0.05) is 6.07 Å². The van der Waals surface area contributed by atoms with E-state index in [1.807, 2.05) is 0 Å². The summed E-state index contributed by atoms with van der Waals surface area (Å²) in [5.74, 6) is -7.29. The number of piperidine rings is 1. The van der Waals surface area contributed by atoms with Crippen LogP contribution in [0.15, 0.2) is 30.7 Å². The van der Waals surface area contributed by atoms with Gasteiger partial charge in [0.05, 0.1) is 30.1 Å². The van der Waals surface area contributed by atoms with Gasteiger partial charge in [0.15, 0.2) is 0 Å². The lowest BCUT2D eigenvalue weighted by Gasteiger charge is -2.20. The Balaban J connectivity index is 1.34. The molecule has 7 nitrogen and oxygen atoms in total. The summed E-state index contributed by atoms with van der Waals surface area (Å²) in [5, 5.41) is 3.84. The van der Waals surface area contributed by atoms with Crippen LogP contribution in [0.5, 0.6) is 0 Å². The molecule has 2 atom stereocenters. The largest absolute Gasteiger partial charge is 0.491 e. The smallest absolute Gasteiger partial charge is 0.383 e. The molecule has 2 aromatic rings. The quantitative estimate of drug-likeness (QED) is 0.433. The minimum atomic E-state index is -5.27. The van der Waals surface area contributed by atoms with Crippen LogP contribution in [0.2, 0.25) is 0 Å². The SMILES string of the molecule is O=C(OC(=O)C(F)(F)F)c1cnn(Cc2ccc(N3CC4C(C3)C4(F)F)nc2)c1. The maximum atomic E-state index is 13.3. The van der Waals surface area contributed by atoms with Gasteiger partial charge >= 0.3 is 18.1 Å². The number of carbonyl (C=O) groups is 2. The number of anilines is 1. The van der Waals surface area contributed by atoms with Crippen LogP contribution in [-0.4, -0.2) is 51.9 Å². The number of rotatable bonds is 4. The molecule has 3 heterocycles. The first-order valence-electron chi connectivity index (χ1n) is 8.49. The Morgan fingerprint density at radius 2 is 1.86 bits per heavy atom. The molecule has 1 aliphatic heterocycles. The molecular weight excluding hydrogens is 403 g/mol. The molecule has 29 heavy (non-hydrogen) atoms. The van der Waals surface area contributed by atoms with Gasteiger partial charge < -0.3 is 9.64 Å². The number of pyridine rings is 1. The average molecular weight is 416 g/mol. The van der Waals surface area contributed by atoms with Gasteiger partial charge in [-0.05, 0) is 11.6 Å². The van der Waals surface area contributed by atoms with E-state index in [0.29, 0.717) is 11.4 Å². The zero-order valence-corrected chi connectivity index (χ0v) is 14.6. The highest BCUT2D eigenvalue weighted by atomic mass is 19.4. The van der Waals surface area contributed by atoms with E-state index in [4.69, 9.17) is 0 Å². The Morgan fingerprint density at radius 1 is 1.17 bits per heavy atom. The average Bonchev–Trinajstić information content (AvgIpc) is 3.11. The van der Waals surface area contributed by atoms with Gasteiger partial charge in [-0.3, -0.25) is 4.68 Å². The number of aromatic nitrogens is 3. The van der Waals surface area contributed by atoms with Crippen LogP contribution in [0.3, 0.4) is 0 Å². The van der Waals surface area contributed by atoms with Crippen LogP contribution in [0.1, 0.15) is 15.9 Å². The van der Waals surface area contributed by atoms with E-state index in [9.17, 15) is 31.5 Å². The standard InChI is InChI=1S/C17H13F5N4O3/c18-16(19)11-7-25(8-12(11)16)13-2-1-9(3-23-13)5-26-6-10(4-24-26)14(27)29-15(28)17(20,21)22/h1-4,6,11-12H,5,7-8H2. The van der Waals surface area contributed by atoms with Gasteiger partial charge in [0.25, 0.3) is 5.92 Å². The van der Waals surface area contributed by atoms with E-state index in [-0.39, 0.29) is 25.2 Å². The van der Waals surface area contributed by atoms with E-state index < -0.39 is 35.9 Å². The van der Waals surface area contributed by atoms with Crippen LogP contribution in [0, 0.1) is 11.8 Å². The maximum Gasteiger partial charge on any atom is 0.491 e. The van der Waals surface area contributed by atoms with Crippen LogP contribution in [0.25, 0.3) is 0 Å². The fourth-order valence-electron chi connectivity index (χ4n) is 3.34. The molecule has 0 N–H and O–H groups in total. The molecule has 0 aromatic carbocycles. The summed E-state index contributed by atoms with van der Waals surface area (Å²) in [6.07, 6.45) is -1.64. The first kappa shape index (κ1) is 19.3. The number of carbonyl (C=O) groups excluding carboxylic acids is 2. The monoisotopic (exact) mass is 416 g/mol. The summed E-state index contributed by atoms with van der Waals surface area (Å²) < 4.78 is 67.9. The number of fused-ring (bicyclic) bond motifs is 1. The van der Waals surface area contributed by atoms with Crippen molar-refractivity contribution in [3.05, 3.63) is 41.9 Å². The number of esters is 2. The summed E-state index contributed by atoms with van der Waals surface area (Å²) in [5.41, 5.74) is 0.349. The molecule has 154 valence electrons. The normalized spacial score (nSPS) is 22.3. The summed E-state index contributed by atoms with van der Waals surface area (Å²) in [4.78, 5) is 28.3. The first-order chi connectivity index (χ1) is 13.6. The van der Waals surface area contributed by atoms with Gasteiger partial charge in [0, 0.05) is 25.5 Å². The molecule has 0 spiro atoms. The number of ether oxygens (including phenoxy) is 1. The summed E-state index contributed by atoms with van der Waals surface area (Å²) in [6.45, 7) is 0.660. The Hall–Kier alpha value is -3.05. The first-order valence-corrected chi connectivity index (χ1v) is 8.49. The van der Waals surface area contributed by atoms with E-state index in [1.54, 1.807) is 17.0 Å². The predicted molar refractivity (Wildman–Crippen MR) is 86.2 cm³/mol.